The summed E-state index contributed by atoms with van der Waals surface area (Å²) in [6, 6.07) is 6.03. The molecule has 34 heavy (non-hydrogen) atoms. The second-order valence-electron chi connectivity index (χ2n) is 7.54. The molecule has 1 aromatic carbocycles. The van der Waals surface area contributed by atoms with E-state index in [1.54, 1.807) is 31.7 Å². The van der Waals surface area contributed by atoms with Crippen LogP contribution in [0.25, 0.3) is 10.2 Å². The third kappa shape index (κ3) is 4.65. The monoisotopic (exact) mass is 525 g/mol. The van der Waals surface area contributed by atoms with E-state index in [9.17, 15) is 13.2 Å². The Morgan fingerprint density at radius 3 is 2.65 bits per heavy atom. The van der Waals surface area contributed by atoms with Gasteiger partial charge in [0.25, 0.3) is 15.9 Å². The first-order valence-corrected chi connectivity index (χ1v) is 14.0. The van der Waals surface area contributed by atoms with Crippen LogP contribution in [0.5, 0.6) is 11.5 Å². The summed E-state index contributed by atoms with van der Waals surface area (Å²) in [6.07, 6.45) is 1.04. The molecule has 1 aliphatic rings. The van der Waals surface area contributed by atoms with Gasteiger partial charge in [0.15, 0.2) is 4.80 Å². The van der Waals surface area contributed by atoms with E-state index in [2.05, 4.69) is 4.99 Å². The minimum atomic E-state index is -3.75. The number of amides is 1. The van der Waals surface area contributed by atoms with E-state index in [4.69, 9.17) is 14.2 Å². The van der Waals surface area contributed by atoms with Crippen LogP contribution < -0.4 is 14.3 Å². The number of hydrogen-bond acceptors (Lipinski definition) is 8. The maximum atomic E-state index is 13.3. The highest BCUT2D eigenvalue weighted by Crippen LogP contribution is 2.35. The molecule has 1 fully saturated rings. The molecule has 0 aliphatic carbocycles. The molecular weight excluding hydrogens is 498 g/mol. The predicted octanol–water partition coefficient (Wildman–Crippen LogP) is 3.10. The lowest BCUT2D eigenvalue weighted by Gasteiger charge is -2.20. The van der Waals surface area contributed by atoms with Gasteiger partial charge in [0.1, 0.15) is 32.0 Å². The van der Waals surface area contributed by atoms with Crippen LogP contribution in [-0.4, -0.2) is 63.2 Å². The lowest BCUT2D eigenvalue weighted by molar-refractivity contribution is -0.121. The first kappa shape index (κ1) is 24.9. The number of sulfonamides is 1. The molecule has 2 aromatic heterocycles. The van der Waals surface area contributed by atoms with Crippen LogP contribution in [0.2, 0.25) is 0 Å². The van der Waals surface area contributed by atoms with Gasteiger partial charge in [-0.25, -0.2) is 8.42 Å². The molecule has 0 N–H and O–H groups in total. The SMILES string of the molecule is CCOCCn1c(=NC(=O)C2CCCN2S(=O)(=O)c2cccs2)sc2c(OC)ccc(OC)c21. The lowest BCUT2D eigenvalue weighted by atomic mass is 10.2. The second kappa shape index (κ2) is 10.6. The van der Waals surface area contributed by atoms with Crippen LogP contribution in [0.1, 0.15) is 19.8 Å². The Kier molecular flexibility index (Phi) is 7.73. The lowest BCUT2D eigenvalue weighted by Crippen LogP contribution is -2.40. The molecule has 0 saturated carbocycles. The Bertz CT molecular complexity index is 1330. The number of hydrogen-bond donors (Lipinski definition) is 0. The summed E-state index contributed by atoms with van der Waals surface area (Å²) >= 11 is 2.45. The smallest absolute Gasteiger partial charge is 0.266 e. The van der Waals surface area contributed by atoms with Gasteiger partial charge in [0, 0.05) is 19.7 Å². The summed E-state index contributed by atoms with van der Waals surface area (Å²) in [5.74, 6) is 0.787. The number of thiophene rings is 1. The topological polar surface area (TPSA) is 99.4 Å². The van der Waals surface area contributed by atoms with Crippen molar-refractivity contribution in [1.29, 1.82) is 0 Å². The van der Waals surface area contributed by atoms with Gasteiger partial charge < -0.3 is 18.8 Å². The summed E-state index contributed by atoms with van der Waals surface area (Å²) in [5, 5.41) is 1.71. The third-order valence-corrected chi connectivity index (χ3v) is 9.98. The molecule has 1 unspecified atom stereocenters. The van der Waals surface area contributed by atoms with Crippen molar-refractivity contribution in [3.8, 4) is 11.5 Å². The van der Waals surface area contributed by atoms with E-state index in [0.29, 0.717) is 55.4 Å². The van der Waals surface area contributed by atoms with E-state index < -0.39 is 22.0 Å². The van der Waals surface area contributed by atoms with Gasteiger partial charge >= 0.3 is 0 Å². The molecule has 184 valence electrons. The number of ether oxygens (including phenoxy) is 3. The predicted molar refractivity (Wildman–Crippen MR) is 131 cm³/mol. The number of thiazole rings is 1. The molecule has 1 amide bonds. The Hall–Kier alpha value is -2.25. The first-order valence-electron chi connectivity index (χ1n) is 10.9. The van der Waals surface area contributed by atoms with Gasteiger partial charge in [0.2, 0.25) is 0 Å². The van der Waals surface area contributed by atoms with E-state index >= 15 is 0 Å². The van der Waals surface area contributed by atoms with Gasteiger partial charge in [-0.05, 0) is 43.3 Å². The van der Waals surface area contributed by atoms with Crippen LogP contribution in [-0.2, 0) is 26.1 Å². The summed E-state index contributed by atoms with van der Waals surface area (Å²) < 4.78 is 47.0. The van der Waals surface area contributed by atoms with Crippen molar-refractivity contribution in [3.63, 3.8) is 0 Å². The average Bonchev–Trinajstić information content (AvgIpc) is 3.59. The van der Waals surface area contributed by atoms with Crippen molar-refractivity contribution in [2.45, 2.75) is 36.6 Å². The molecular formula is C22H27N3O6S3. The van der Waals surface area contributed by atoms with Crippen molar-refractivity contribution >= 4 is 48.8 Å². The van der Waals surface area contributed by atoms with Gasteiger partial charge in [0.05, 0.1) is 20.8 Å². The molecule has 3 aromatic rings. The number of methoxy groups -OCH3 is 2. The maximum Gasteiger partial charge on any atom is 0.266 e. The Morgan fingerprint density at radius 2 is 1.97 bits per heavy atom. The molecule has 9 nitrogen and oxygen atoms in total. The van der Waals surface area contributed by atoms with Crippen LogP contribution >= 0.6 is 22.7 Å². The summed E-state index contributed by atoms with van der Waals surface area (Å²) in [5.41, 5.74) is 0.757. The van der Waals surface area contributed by atoms with Gasteiger partial charge in [-0.3, -0.25) is 4.79 Å². The fraction of sp³-hybridized carbons (Fsp3) is 0.455. The van der Waals surface area contributed by atoms with Crippen molar-refractivity contribution in [2.24, 2.45) is 4.99 Å². The second-order valence-corrected chi connectivity index (χ2v) is 11.6. The third-order valence-electron chi connectivity index (χ3n) is 5.61. The number of nitrogens with zero attached hydrogens (tertiary/aromatic N) is 3. The fourth-order valence-corrected chi connectivity index (χ4v) is 7.96. The number of rotatable bonds is 9. The Balaban J connectivity index is 1.79. The zero-order valence-electron chi connectivity index (χ0n) is 19.2. The highest BCUT2D eigenvalue weighted by Gasteiger charge is 2.40. The van der Waals surface area contributed by atoms with Crippen LogP contribution in [0, 0.1) is 0 Å². The van der Waals surface area contributed by atoms with Gasteiger partial charge in [-0.2, -0.15) is 9.30 Å². The maximum absolute atomic E-state index is 13.3. The van der Waals surface area contributed by atoms with E-state index in [1.165, 1.54) is 15.6 Å². The van der Waals surface area contributed by atoms with Crippen molar-refractivity contribution in [1.82, 2.24) is 8.87 Å². The molecule has 1 saturated heterocycles. The minimum Gasteiger partial charge on any atom is -0.495 e. The summed E-state index contributed by atoms with van der Waals surface area (Å²) in [6.45, 7) is 3.64. The highest BCUT2D eigenvalue weighted by atomic mass is 32.2. The fourth-order valence-electron chi connectivity index (χ4n) is 4.02. The number of aromatic nitrogens is 1. The summed E-state index contributed by atoms with van der Waals surface area (Å²) in [4.78, 5) is 18.2. The largest absolute Gasteiger partial charge is 0.495 e. The Morgan fingerprint density at radius 1 is 1.21 bits per heavy atom. The zero-order valence-corrected chi connectivity index (χ0v) is 21.7. The van der Waals surface area contributed by atoms with Crippen molar-refractivity contribution in [3.05, 3.63) is 34.4 Å². The van der Waals surface area contributed by atoms with E-state index in [-0.39, 0.29) is 4.21 Å². The summed E-state index contributed by atoms with van der Waals surface area (Å²) in [7, 11) is -0.582. The number of carbonyl (C=O) groups excluding carboxylic acids is 1. The van der Waals surface area contributed by atoms with Crippen molar-refractivity contribution < 1.29 is 27.4 Å². The number of fused-ring (bicyclic) bond motifs is 1. The highest BCUT2D eigenvalue weighted by molar-refractivity contribution is 7.91. The number of carbonyl (C=O) groups is 1. The molecule has 0 radical (unpaired) electrons. The molecule has 1 aliphatic heterocycles. The van der Waals surface area contributed by atoms with Crippen LogP contribution in [0.3, 0.4) is 0 Å². The Labute approximate surface area is 206 Å². The molecule has 4 rings (SSSR count). The quantitative estimate of drug-likeness (QED) is 0.398. The molecule has 0 bridgehead atoms. The average molecular weight is 526 g/mol. The number of benzene rings is 1. The molecule has 1 atom stereocenters. The zero-order chi connectivity index (χ0) is 24.3. The molecule has 3 heterocycles. The van der Waals surface area contributed by atoms with Gasteiger partial charge in [-0.1, -0.05) is 17.4 Å². The van der Waals surface area contributed by atoms with E-state index in [0.717, 1.165) is 21.6 Å². The van der Waals surface area contributed by atoms with Crippen LogP contribution in [0.15, 0.2) is 38.8 Å². The molecule has 0 spiro atoms. The van der Waals surface area contributed by atoms with E-state index in [1.807, 2.05) is 23.6 Å². The van der Waals surface area contributed by atoms with Gasteiger partial charge in [-0.15, -0.1) is 11.3 Å². The first-order chi connectivity index (χ1) is 16.4. The minimum absolute atomic E-state index is 0.232. The standard InChI is InChI=1S/C22H27N3O6S3/c1-4-31-13-12-24-19-16(29-2)9-10-17(30-3)20(19)33-22(24)23-21(26)15-7-5-11-25(15)34(27,28)18-8-6-14-32-18/h6,8-10,14-15H,4-5,7,11-13H2,1-3H3. The van der Waals surface area contributed by atoms with Crippen LogP contribution in [0.4, 0.5) is 0 Å². The normalized spacial score (nSPS) is 17.5. The van der Waals surface area contributed by atoms with Crippen molar-refractivity contribution in [2.75, 3.05) is 34.0 Å². The molecule has 12 heteroatoms.